The molecule has 2 rings (SSSR count). The van der Waals surface area contributed by atoms with Crippen molar-refractivity contribution in [2.45, 2.75) is 26.1 Å². The molecule has 1 aliphatic rings. The van der Waals surface area contributed by atoms with Crippen LogP contribution in [0.25, 0.3) is 0 Å². The van der Waals surface area contributed by atoms with E-state index in [1.165, 1.54) is 0 Å². The van der Waals surface area contributed by atoms with E-state index in [9.17, 15) is 4.79 Å². The lowest BCUT2D eigenvalue weighted by atomic mass is 10.2. The Morgan fingerprint density at radius 3 is 2.88 bits per heavy atom. The van der Waals surface area contributed by atoms with Gasteiger partial charge in [0.1, 0.15) is 0 Å². The van der Waals surface area contributed by atoms with Crippen molar-refractivity contribution in [1.29, 1.82) is 0 Å². The van der Waals surface area contributed by atoms with Gasteiger partial charge in [0.15, 0.2) is 6.29 Å². The highest BCUT2D eigenvalue weighted by atomic mass is 16.7. The smallest absolute Gasteiger partial charge is 0.224 e. The number of nitrogens with one attached hydrogen (secondary N) is 1. The van der Waals surface area contributed by atoms with E-state index in [0.29, 0.717) is 19.6 Å². The van der Waals surface area contributed by atoms with Crippen molar-refractivity contribution in [3.05, 3.63) is 29.8 Å². The van der Waals surface area contributed by atoms with Gasteiger partial charge >= 0.3 is 0 Å². The summed E-state index contributed by atoms with van der Waals surface area (Å²) < 4.78 is 10.8. The molecule has 0 saturated carbocycles. The first kappa shape index (κ1) is 12.1. The van der Waals surface area contributed by atoms with Crippen molar-refractivity contribution in [3.8, 4) is 0 Å². The second-order valence-electron chi connectivity index (χ2n) is 4.00. The first-order valence-electron chi connectivity index (χ1n) is 5.92. The van der Waals surface area contributed by atoms with Gasteiger partial charge in [0.2, 0.25) is 5.91 Å². The summed E-state index contributed by atoms with van der Waals surface area (Å²) in [4.78, 5) is 11.5. The van der Waals surface area contributed by atoms with Crippen LogP contribution >= 0.6 is 0 Å². The molecule has 4 heteroatoms. The van der Waals surface area contributed by atoms with Crippen LogP contribution in [0.4, 0.5) is 5.69 Å². The number of amides is 1. The number of rotatable bonds is 4. The summed E-state index contributed by atoms with van der Waals surface area (Å²) in [5.41, 5.74) is 1.73. The van der Waals surface area contributed by atoms with Crippen molar-refractivity contribution >= 4 is 11.6 Å². The Balaban J connectivity index is 2.03. The third-order valence-corrected chi connectivity index (χ3v) is 2.54. The molecule has 1 aliphatic heterocycles. The third-order valence-electron chi connectivity index (χ3n) is 2.54. The molecular weight excluding hydrogens is 218 g/mol. The molecule has 0 aromatic heterocycles. The maximum absolute atomic E-state index is 11.5. The molecule has 0 atom stereocenters. The van der Waals surface area contributed by atoms with Gasteiger partial charge in [-0.25, -0.2) is 0 Å². The molecule has 1 aromatic carbocycles. The van der Waals surface area contributed by atoms with Crippen molar-refractivity contribution in [2.75, 3.05) is 18.5 Å². The summed E-state index contributed by atoms with van der Waals surface area (Å²) in [5.74, 6) is 0.0397. The quantitative estimate of drug-likeness (QED) is 0.872. The Kier molecular flexibility index (Phi) is 4.12. The second kappa shape index (κ2) is 5.80. The van der Waals surface area contributed by atoms with Crippen LogP contribution in [0.1, 0.15) is 31.6 Å². The summed E-state index contributed by atoms with van der Waals surface area (Å²) in [6, 6.07) is 7.59. The fourth-order valence-electron chi connectivity index (χ4n) is 1.76. The zero-order valence-corrected chi connectivity index (χ0v) is 9.94. The Bertz CT molecular complexity index is 386. The van der Waals surface area contributed by atoms with E-state index >= 15 is 0 Å². The topological polar surface area (TPSA) is 47.6 Å². The average molecular weight is 235 g/mol. The van der Waals surface area contributed by atoms with Crippen LogP contribution in [0.2, 0.25) is 0 Å². The summed E-state index contributed by atoms with van der Waals surface area (Å²) >= 11 is 0. The minimum Gasteiger partial charge on any atom is -0.346 e. The lowest BCUT2D eigenvalue weighted by molar-refractivity contribution is -0.116. The zero-order chi connectivity index (χ0) is 12.1. The van der Waals surface area contributed by atoms with Gasteiger partial charge in [-0.1, -0.05) is 19.1 Å². The first-order valence-corrected chi connectivity index (χ1v) is 5.92. The highest BCUT2D eigenvalue weighted by Crippen LogP contribution is 2.25. The standard InChI is InChI=1S/C13H17NO3/c1-2-4-12(15)14-11-6-3-5-10(9-11)13-16-7-8-17-13/h3,5-6,9,13H,2,4,7-8H2,1H3,(H,14,15). The van der Waals surface area contributed by atoms with E-state index in [1.807, 2.05) is 31.2 Å². The number of ether oxygens (including phenoxy) is 2. The molecule has 1 amide bonds. The van der Waals surface area contributed by atoms with Crippen LogP contribution in [0.5, 0.6) is 0 Å². The van der Waals surface area contributed by atoms with Crippen LogP contribution in [0.3, 0.4) is 0 Å². The molecule has 0 spiro atoms. The molecule has 0 aliphatic carbocycles. The molecule has 0 unspecified atom stereocenters. The zero-order valence-electron chi connectivity index (χ0n) is 9.94. The third kappa shape index (κ3) is 3.28. The Hall–Kier alpha value is -1.39. The Morgan fingerprint density at radius 1 is 1.41 bits per heavy atom. The summed E-state index contributed by atoms with van der Waals surface area (Å²) in [6.07, 6.45) is 1.10. The van der Waals surface area contributed by atoms with Crippen molar-refractivity contribution in [2.24, 2.45) is 0 Å². The Labute approximate surface area is 101 Å². The number of benzene rings is 1. The molecule has 17 heavy (non-hydrogen) atoms. The van der Waals surface area contributed by atoms with Gasteiger partial charge in [-0.15, -0.1) is 0 Å². The fourth-order valence-corrected chi connectivity index (χ4v) is 1.76. The van der Waals surface area contributed by atoms with Crippen molar-refractivity contribution < 1.29 is 14.3 Å². The van der Waals surface area contributed by atoms with Gasteiger partial charge in [0.25, 0.3) is 0 Å². The van der Waals surface area contributed by atoms with Crippen molar-refractivity contribution in [1.82, 2.24) is 0 Å². The van der Waals surface area contributed by atoms with Gasteiger partial charge in [-0.3, -0.25) is 4.79 Å². The van der Waals surface area contributed by atoms with Gasteiger partial charge in [0, 0.05) is 17.7 Å². The lowest BCUT2D eigenvalue weighted by Gasteiger charge is -2.11. The summed E-state index contributed by atoms with van der Waals surface area (Å²) in [7, 11) is 0. The highest BCUT2D eigenvalue weighted by molar-refractivity contribution is 5.90. The van der Waals surface area contributed by atoms with Crippen LogP contribution < -0.4 is 5.32 Å². The van der Waals surface area contributed by atoms with Gasteiger partial charge < -0.3 is 14.8 Å². The number of carbonyl (C=O) groups excluding carboxylic acids is 1. The van der Waals surface area contributed by atoms with E-state index in [1.54, 1.807) is 0 Å². The molecule has 0 bridgehead atoms. The van der Waals surface area contributed by atoms with Crippen molar-refractivity contribution in [3.63, 3.8) is 0 Å². The molecule has 1 saturated heterocycles. The maximum Gasteiger partial charge on any atom is 0.224 e. The molecular formula is C13H17NO3. The normalized spacial score (nSPS) is 16.1. The molecule has 92 valence electrons. The minimum atomic E-state index is -0.293. The highest BCUT2D eigenvalue weighted by Gasteiger charge is 2.18. The molecule has 1 aromatic rings. The molecule has 1 heterocycles. The van der Waals surface area contributed by atoms with Crippen LogP contribution in [-0.4, -0.2) is 19.1 Å². The predicted octanol–water partition coefficient (Wildman–Crippen LogP) is 2.47. The largest absolute Gasteiger partial charge is 0.346 e. The predicted molar refractivity (Wildman–Crippen MR) is 64.6 cm³/mol. The number of hydrogen-bond donors (Lipinski definition) is 1. The average Bonchev–Trinajstić information content (AvgIpc) is 2.83. The lowest BCUT2D eigenvalue weighted by Crippen LogP contribution is -2.11. The van der Waals surface area contributed by atoms with Gasteiger partial charge in [-0.2, -0.15) is 0 Å². The summed E-state index contributed by atoms with van der Waals surface area (Å²) in [6.45, 7) is 3.23. The van der Waals surface area contributed by atoms with E-state index in [0.717, 1.165) is 17.7 Å². The monoisotopic (exact) mass is 235 g/mol. The van der Waals surface area contributed by atoms with Crippen LogP contribution in [0.15, 0.2) is 24.3 Å². The SMILES string of the molecule is CCCC(=O)Nc1cccc(C2OCCO2)c1. The second-order valence-corrected chi connectivity index (χ2v) is 4.00. The molecule has 1 fully saturated rings. The number of hydrogen-bond acceptors (Lipinski definition) is 3. The summed E-state index contributed by atoms with van der Waals surface area (Å²) in [5, 5.41) is 2.86. The van der Waals surface area contributed by atoms with E-state index in [2.05, 4.69) is 5.32 Å². The number of carbonyl (C=O) groups is 1. The van der Waals surface area contributed by atoms with E-state index < -0.39 is 0 Å². The fraction of sp³-hybridized carbons (Fsp3) is 0.462. The maximum atomic E-state index is 11.5. The number of anilines is 1. The molecule has 1 N–H and O–H groups in total. The van der Waals surface area contributed by atoms with Crippen LogP contribution in [-0.2, 0) is 14.3 Å². The first-order chi connectivity index (χ1) is 8.29. The Morgan fingerprint density at radius 2 is 2.18 bits per heavy atom. The molecule has 4 nitrogen and oxygen atoms in total. The van der Waals surface area contributed by atoms with Crippen LogP contribution in [0, 0.1) is 0 Å². The minimum absolute atomic E-state index is 0.0397. The molecule has 0 radical (unpaired) electrons. The van der Waals surface area contributed by atoms with Gasteiger partial charge in [0.05, 0.1) is 13.2 Å². The van der Waals surface area contributed by atoms with E-state index in [4.69, 9.17) is 9.47 Å². The van der Waals surface area contributed by atoms with Gasteiger partial charge in [-0.05, 0) is 18.6 Å². The van der Waals surface area contributed by atoms with E-state index in [-0.39, 0.29) is 12.2 Å².